The highest BCUT2D eigenvalue weighted by molar-refractivity contribution is 5.95. The van der Waals surface area contributed by atoms with Crippen molar-refractivity contribution in [2.75, 3.05) is 6.54 Å². The molecule has 0 radical (unpaired) electrons. The Kier molecular flexibility index (Phi) is 4.36. The second-order valence-corrected chi connectivity index (χ2v) is 8.03. The number of halogens is 2. The first kappa shape index (κ1) is 18.8. The van der Waals surface area contributed by atoms with Gasteiger partial charge in [-0.2, -0.15) is 0 Å². The zero-order valence-electron chi connectivity index (χ0n) is 16.4. The van der Waals surface area contributed by atoms with Crippen molar-refractivity contribution in [3.8, 4) is 11.4 Å². The van der Waals surface area contributed by atoms with Crippen molar-refractivity contribution in [1.29, 1.82) is 0 Å². The first-order chi connectivity index (χ1) is 14.4. The molecule has 154 valence electrons. The van der Waals surface area contributed by atoms with Crippen LogP contribution in [0.3, 0.4) is 0 Å². The molecule has 1 aliphatic heterocycles. The maximum Gasteiger partial charge on any atom is 0.210 e. The number of aliphatic hydroxyl groups is 1. The third-order valence-corrected chi connectivity index (χ3v) is 6.15. The predicted octanol–water partition coefficient (Wildman–Crippen LogP) is 4.04. The number of aromatic amines is 2. The Morgan fingerprint density at radius 2 is 1.70 bits per heavy atom. The van der Waals surface area contributed by atoms with Crippen LogP contribution in [0.4, 0.5) is 8.78 Å². The van der Waals surface area contributed by atoms with Gasteiger partial charge in [0, 0.05) is 34.4 Å². The molecule has 5 rings (SSSR count). The predicted molar refractivity (Wildman–Crippen MR) is 111 cm³/mol. The quantitative estimate of drug-likeness (QED) is 0.445. The minimum atomic E-state index is -0.552. The molecule has 3 heterocycles. The van der Waals surface area contributed by atoms with Crippen LogP contribution in [0.15, 0.2) is 36.4 Å². The number of hydrogen-bond donors (Lipinski definition) is 3. The van der Waals surface area contributed by atoms with Gasteiger partial charge in [0.25, 0.3) is 0 Å². The number of hydrogen-bond acceptors (Lipinski definition) is 2. The number of fused-ring (bicyclic) bond motifs is 2. The van der Waals surface area contributed by atoms with E-state index in [2.05, 4.69) is 9.97 Å². The number of nitrogens with one attached hydrogen (secondary N) is 2. The Balaban J connectivity index is 1.69. The standard InChI is InChI=1S/C23H21F2N3O2/c1-12-17-4-2-13(24)6-20(17)26-22(12)23-19(9-15-8-16(30)10-28(15)11-29)18-5-3-14(25)7-21(18)27-23/h2-7,11,15-16,26-27,30H,8-10H2,1H3. The van der Waals surface area contributed by atoms with Gasteiger partial charge in [-0.25, -0.2) is 8.78 Å². The number of aromatic nitrogens is 2. The van der Waals surface area contributed by atoms with Crippen molar-refractivity contribution in [3.63, 3.8) is 0 Å². The van der Waals surface area contributed by atoms with E-state index in [1.54, 1.807) is 17.0 Å². The van der Waals surface area contributed by atoms with Crippen LogP contribution in [0.1, 0.15) is 17.5 Å². The summed E-state index contributed by atoms with van der Waals surface area (Å²) in [6, 6.07) is 9.06. The van der Waals surface area contributed by atoms with E-state index in [9.17, 15) is 18.7 Å². The number of amides is 1. The normalized spacial score (nSPS) is 19.3. The van der Waals surface area contributed by atoms with Crippen molar-refractivity contribution in [1.82, 2.24) is 14.9 Å². The van der Waals surface area contributed by atoms with Crippen LogP contribution in [-0.4, -0.2) is 45.1 Å². The molecule has 30 heavy (non-hydrogen) atoms. The van der Waals surface area contributed by atoms with Gasteiger partial charge in [0.1, 0.15) is 11.6 Å². The summed E-state index contributed by atoms with van der Waals surface area (Å²) in [5.74, 6) is -0.668. The molecule has 5 nitrogen and oxygen atoms in total. The van der Waals surface area contributed by atoms with Crippen LogP contribution >= 0.6 is 0 Å². The molecular weight excluding hydrogens is 388 g/mol. The highest BCUT2D eigenvalue weighted by atomic mass is 19.1. The molecule has 1 aliphatic rings. The summed E-state index contributed by atoms with van der Waals surface area (Å²) in [5.41, 5.74) is 4.82. The number of aliphatic hydroxyl groups excluding tert-OH is 1. The number of nitrogens with zero attached hydrogens (tertiary/aromatic N) is 1. The third kappa shape index (κ3) is 2.97. The van der Waals surface area contributed by atoms with Gasteiger partial charge in [0.2, 0.25) is 6.41 Å². The average molecular weight is 409 g/mol. The van der Waals surface area contributed by atoms with Gasteiger partial charge in [-0.1, -0.05) is 0 Å². The fourth-order valence-electron chi connectivity index (χ4n) is 4.69. The maximum atomic E-state index is 13.9. The minimum absolute atomic E-state index is 0.151. The molecule has 0 spiro atoms. The van der Waals surface area contributed by atoms with Gasteiger partial charge in [0.15, 0.2) is 0 Å². The van der Waals surface area contributed by atoms with E-state index in [4.69, 9.17) is 0 Å². The van der Waals surface area contributed by atoms with E-state index >= 15 is 0 Å². The molecule has 7 heteroatoms. The van der Waals surface area contributed by atoms with E-state index < -0.39 is 6.10 Å². The van der Waals surface area contributed by atoms with Crippen molar-refractivity contribution >= 4 is 28.2 Å². The largest absolute Gasteiger partial charge is 0.391 e. The van der Waals surface area contributed by atoms with Crippen molar-refractivity contribution in [2.45, 2.75) is 31.9 Å². The number of H-pyrrole nitrogens is 2. The fraction of sp³-hybridized carbons (Fsp3) is 0.261. The number of aryl methyl sites for hydroxylation is 1. The average Bonchev–Trinajstić information content (AvgIpc) is 3.35. The number of benzene rings is 2. The van der Waals surface area contributed by atoms with Gasteiger partial charge in [-0.15, -0.1) is 0 Å². The SMILES string of the molecule is Cc1c(-c2[nH]c3cc(F)ccc3c2CC2CC(O)CN2C=O)[nH]c2cc(F)ccc12. The summed E-state index contributed by atoms with van der Waals surface area (Å²) in [4.78, 5) is 19.7. The molecule has 2 aromatic heterocycles. The van der Waals surface area contributed by atoms with Crippen LogP contribution < -0.4 is 0 Å². The minimum Gasteiger partial charge on any atom is -0.391 e. The second-order valence-electron chi connectivity index (χ2n) is 8.03. The zero-order chi connectivity index (χ0) is 21.0. The highest BCUT2D eigenvalue weighted by Gasteiger charge is 2.32. The molecule has 1 amide bonds. The van der Waals surface area contributed by atoms with Crippen LogP contribution in [0.25, 0.3) is 33.2 Å². The van der Waals surface area contributed by atoms with E-state index in [0.29, 0.717) is 30.4 Å². The number of likely N-dealkylation sites (tertiary alicyclic amines) is 1. The first-order valence-corrected chi connectivity index (χ1v) is 9.92. The molecule has 0 aliphatic carbocycles. The molecule has 0 saturated carbocycles. The lowest BCUT2D eigenvalue weighted by atomic mass is 9.98. The number of carbonyl (C=O) groups excluding carboxylic acids is 1. The summed E-state index contributed by atoms with van der Waals surface area (Å²) in [6.07, 6.45) is 1.22. The molecule has 2 atom stereocenters. The molecule has 4 aromatic rings. The monoisotopic (exact) mass is 409 g/mol. The maximum absolute atomic E-state index is 13.9. The number of β-amino-alcohol motifs (C(OH)–C–C–N with tert-alkyl or cyclic N) is 1. The van der Waals surface area contributed by atoms with Crippen molar-refractivity contribution < 1.29 is 18.7 Å². The van der Waals surface area contributed by atoms with E-state index in [1.165, 1.54) is 24.3 Å². The Morgan fingerprint density at radius 3 is 2.40 bits per heavy atom. The van der Waals surface area contributed by atoms with Crippen LogP contribution in [0.2, 0.25) is 0 Å². The highest BCUT2D eigenvalue weighted by Crippen LogP contribution is 2.37. The van der Waals surface area contributed by atoms with Crippen LogP contribution in [0.5, 0.6) is 0 Å². The Bertz CT molecular complexity index is 1280. The van der Waals surface area contributed by atoms with E-state index in [0.717, 1.165) is 39.7 Å². The third-order valence-electron chi connectivity index (χ3n) is 6.15. The van der Waals surface area contributed by atoms with Gasteiger partial charge >= 0.3 is 0 Å². The van der Waals surface area contributed by atoms with Crippen LogP contribution in [0, 0.1) is 18.6 Å². The summed E-state index contributed by atoms with van der Waals surface area (Å²) >= 11 is 0. The van der Waals surface area contributed by atoms with Crippen LogP contribution in [-0.2, 0) is 11.2 Å². The zero-order valence-corrected chi connectivity index (χ0v) is 16.4. The summed E-state index contributed by atoms with van der Waals surface area (Å²) in [5, 5.41) is 11.8. The van der Waals surface area contributed by atoms with Gasteiger partial charge in [0.05, 0.1) is 17.5 Å². The Morgan fingerprint density at radius 1 is 1.07 bits per heavy atom. The van der Waals surface area contributed by atoms with E-state index in [-0.39, 0.29) is 17.7 Å². The first-order valence-electron chi connectivity index (χ1n) is 9.92. The van der Waals surface area contributed by atoms with Gasteiger partial charge in [-0.3, -0.25) is 4.79 Å². The molecule has 2 aromatic carbocycles. The topological polar surface area (TPSA) is 72.1 Å². The summed E-state index contributed by atoms with van der Waals surface area (Å²) in [7, 11) is 0. The molecule has 1 fully saturated rings. The molecule has 1 saturated heterocycles. The fourth-order valence-corrected chi connectivity index (χ4v) is 4.69. The smallest absolute Gasteiger partial charge is 0.210 e. The number of rotatable bonds is 4. The van der Waals surface area contributed by atoms with Crippen molar-refractivity contribution in [2.24, 2.45) is 0 Å². The summed E-state index contributed by atoms with van der Waals surface area (Å²) < 4.78 is 27.6. The van der Waals surface area contributed by atoms with E-state index in [1.807, 2.05) is 6.92 Å². The van der Waals surface area contributed by atoms with Gasteiger partial charge < -0.3 is 20.0 Å². The lowest BCUT2D eigenvalue weighted by molar-refractivity contribution is -0.119. The Labute approximate surface area is 171 Å². The lowest BCUT2D eigenvalue weighted by Gasteiger charge is -2.20. The second kappa shape index (κ2) is 6.95. The molecule has 3 N–H and O–H groups in total. The number of carbonyl (C=O) groups is 1. The molecule has 2 unspecified atom stereocenters. The van der Waals surface area contributed by atoms with Gasteiger partial charge in [-0.05, 0) is 67.3 Å². The lowest BCUT2D eigenvalue weighted by Crippen LogP contribution is -2.30. The van der Waals surface area contributed by atoms with Crippen molar-refractivity contribution in [3.05, 3.63) is 59.2 Å². The molecule has 0 bridgehead atoms. The Hall–Kier alpha value is -3.19. The molecular formula is C23H21F2N3O2. The summed E-state index contributed by atoms with van der Waals surface area (Å²) in [6.45, 7) is 2.27.